The second-order valence-corrected chi connectivity index (χ2v) is 8.67. The summed E-state index contributed by atoms with van der Waals surface area (Å²) in [5.41, 5.74) is 2.89. The average Bonchev–Trinajstić information content (AvgIpc) is 2.73. The largest absolute Gasteiger partial charge is 0.652 e. The predicted octanol–water partition coefficient (Wildman–Crippen LogP) is 2.20. The highest BCUT2D eigenvalue weighted by Gasteiger charge is 2.11. The maximum Gasteiger partial charge on any atom is 0.0823 e. The average molecular weight is 417 g/mol. The van der Waals surface area contributed by atoms with Gasteiger partial charge in [0.05, 0.1) is 54.4 Å². The number of quaternary nitrogens is 2. The van der Waals surface area contributed by atoms with E-state index in [1.165, 1.54) is 50.1 Å². The molecule has 5 heteroatoms. The molecular formula is C25H40N2O3. The quantitative estimate of drug-likeness (QED) is 0.620. The molecule has 168 valence electrons. The Hall–Kier alpha value is -2.37. The lowest BCUT2D eigenvalue weighted by atomic mass is 10.1. The zero-order chi connectivity index (χ0) is 23.0. The molecule has 0 bridgehead atoms. The highest BCUT2D eigenvalue weighted by molar-refractivity contribution is 5.47. The molecule has 0 aliphatic rings. The van der Waals surface area contributed by atoms with Crippen molar-refractivity contribution in [1.29, 1.82) is 0 Å². The molecular weight excluding hydrogens is 376 g/mol. The molecule has 30 heavy (non-hydrogen) atoms. The fourth-order valence-electron chi connectivity index (χ4n) is 2.47. The SMILES string of the molecule is CC[N+](C)(C)CCc1ccccc1.CC[N+](C)(C)CCc1ccccc1.O=C([O-])[O-]. The normalized spacial score (nSPS) is 10.9. The van der Waals surface area contributed by atoms with Crippen molar-refractivity contribution in [3.63, 3.8) is 0 Å². The number of hydrogen-bond acceptors (Lipinski definition) is 3. The molecule has 2 aromatic carbocycles. The van der Waals surface area contributed by atoms with E-state index in [1.807, 2.05) is 0 Å². The first-order valence-corrected chi connectivity index (χ1v) is 10.6. The van der Waals surface area contributed by atoms with Gasteiger partial charge < -0.3 is 24.0 Å². The molecule has 0 N–H and O–H groups in total. The first kappa shape index (κ1) is 27.6. The highest BCUT2D eigenvalue weighted by Crippen LogP contribution is 2.05. The molecule has 0 aromatic heterocycles. The minimum atomic E-state index is -2.33. The molecule has 0 spiro atoms. The van der Waals surface area contributed by atoms with E-state index in [9.17, 15) is 0 Å². The molecule has 0 saturated heterocycles. The Bertz CT molecular complexity index is 627. The molecule has 0 aliphatic carbocycles. The van der Waals surface area contributed by atoms with Gasteiger partial charge in [-0.05, 0) is 31.1 Å². The summed E-state index contributed by atoms with van der Waals surface area (Å²) in [5, 5.41) is 16.7. The summed E-state index contributed by atoms with van der Waals surface area (Å²) in [4.78, 5) is 8.33. The van der Waals surface area contributed by atoms with Crippen molar-refractivity contribution in [1.82, 2.24) is 0 Å². The molecule has 0 heterocycles. The summed E-state index contributed by atoms with van der Waals surface area (Å²) in [6.45, 7) is 9.33. The van der Waals surface area contributed by atoms with Crippen LogP contribution in [0, 0.1) is 0 Å². The second kappa shape index (κ2) is 14.6. The lowest BCUT2D eigenvalue weighted by Gasteiger charge is -2.28. The molecule has 2 aromatic rings. The van der Waals surface area contributed by atoms with Crippen molar-refractivity contribution in [3.8, 4) is 0 Å². The van der Waals surface area contributed by atoms with E-state index in [4.69, 9.17) is 15.0 Å². The van der Waals surface area contributed by atoms with E-state index in [0.717, 1.165) is 8.97 Å². The fourth-order valence-corrected chi connectivity index (χ4v) is 2.47. The summed E-state index contributed by atoms with van der Waals surface area (Å²) in [7, 11) is 9.12. The zero-order valence-electron chi connectivity index (χ0n) is 19.6. The number of likely N-dealkylation sites (N-methyl/N-ethyl adjacent to an activating group) is 2. The Morgan fingerprint density at radius 3 is 1.17 bits per heavy atom. The van der Waals surface area contributed by atoms with Gasteiger partial charge in [-0.15, -0.1) is 0 Å². The Morgan fingerprint density at radius 2 is 0.933 bits per heavy atom. The summed E-state index contributed by atoms with van der Waals surface area (Å²) in [5.74, 6) is 0. The predicted molar refractivity (Wildman–Crippen MR) is 121 cm³/mol. The molecule has 0 fully saturated rings. The molecule has 5 nitrogen and oxygen atoms in total. The third kappa shape index (κ3) is 15.5. The minimum Gasteiger partial charge on any atom is -0.652 e. The van der Waals surface area contributed by atoms with Gasteiger partial charge in [-0.25, -0.2) is 0 Å². The van der Waals surface area contributed by atoms with Crippen LogP contribution in [0.5, 0.6) is 0 Å². The molecule has 0 aliphatic heterocycles. The van der Waals surface area contributed by atoms with E-state index < -0.39 is 6.16 Å². The van der Waals surface area contributed by atoms with Crippen LogP contribution in [0.2, 0.25) is 0 Å². The first-order valence-electron chi connectivity index (χ1n) is 10.6. The smallest absolute Gasteiger partial charge is 0.0823 e. The van der Waals surface area contributed by atoms with Gasteiger partial charge in [0.15, 0.2) is 0 Å². The Labute approximate surface area is 183 Å². The molecule has 0 unspecified atom stereocenters. The van der Waals surface area contributed by atoms with E-state index in [1.54, 1.807) is 0 Å². The first-order chi connectivity index (χ1) is 14.0. The van der Waals surface area contributed by atoms with E-state index in [-0.39, 0.29) is 0 Å². The van der Waals surface area contributed by atoms with Crippen molar-refractivity contribution < 1.29 is 24.0 Å². The van der Waals surface area contributed by atoms with Gasteiger partial charge in [0, 0.05) is 12.8 Å². The summed E-state index contributed by atoms with van der Waals surface area (Å²) in [6.07, 6.45) is 0.0311. The number of nitrogens with zero attached hydrogens (tertiary/aromatic N) is 2. The van der Waals surface area contributed by atoms with Gasteiger partial charge in [0.25, 0.3) is 0 Å². The molecule has 0 radical (unpaired) electrons. The van der Waals surface area contributed by atoms with Crippen LogP contribution in [0.15, 0.2) is 60.7 Å². The van der Waals surface area contributed by atoms with Gasteiger partial charge in [-0.2, -0.15) is 0 Å². The summed E-state index contributed by atoms with van der Waals surface area (Å²) in [6, 6.07) is 21.4. The number of carbonyl (C=O) groups is 1. The van der Waals surface area contributed by atoms with Crippen LogP contribution in [-0.4, -0.2) is 69.5 Å². The minimum absolute atomic E-state index is 1.11. The van der Waals surface area contributed by atoms with Crippen molar-refractivity contribution >= 4 is 6.16 Å². The van der Waals surface area contributed by atoms with Crippen LogP contribution < -0.4 is 10.2 Å². The number of carboxylic acid groups (broad SMARTS) is 2. The Balaban J connectivity index is 0.000000477. The maximum atomic E-state index is 8.33. The third-order valence-electron chi connectivity index (χ3n) is 5.41. The van der Waals surface area contributed by atoms with E-state index in [2.05, 4.69) is 103 Å². The van der Waals surface area contributed by atoms with Gasteiger partial charge >= 0.3 is 0 Å². The van der Waals surface area contributed by atoms with Crippen molar-refractivity contribution in [2.24, 2.45) is 0 Å². The van der Waals surface area contributed by atoms with Crippen LogP contribution >= 0.6 is 0 Å². The zero-order valence-corrected chi connectivity index (χ0v) is 19.6. The van der Waals surface area contributed by atoms with E-state index in [0.29, 0.717) is 0 Å². The van der Waals surface area contributed by atoms with Crippen LogP contribution in [0.1, 0.15) is 25.0 Å². The van der Waals surface area contributed by atoms with Gasteiger partial charge in [-0.3, -0.25) is 0 Å². The molecule has 2 rings (SSSR count). The molecule has 0 atom stereocenters. The number of benzene rings is 2. The monoisotopic (exact) mass is 416 g/mol. The number of rotatable bonds is 8. The standard InChI is InChI=1S/2C12H20N.CH2O3/c2*1-4-13(2,3)11-10-12-8-6-5-7-9-12;2-1(3)4/h2*5-9H,4,10-11H2,1-3H3;(H2,2,3,4)/q2*+1;/p-2. The van der Waals surface area contributed by atoms with Gasteiger partial charge in [0.1, 0.15) is 0 Å². The van der Waals surface area contributed by atoms with Crippen molar-refractivity contribution in [2.45, 2.75) is 26.7 Å². The Morgan fingerprint density at radius 1 is 0.667 bits per heavy atom. The third-order valence-corrected chi connectivity index (χ3v) is 5.41. The number of carbonyl (C=O) groups excluding carboxylic acids is 1. The number of hydrogen-bond donors (Lipinski definition) is 0. The lowest BCUT2D eigenvalue weighted by molar-refractivity contribution is -0.888. The van der Waals surface area contributed by atoms with Crippen molar-refractivity contribution in [3.05, 3.63) is 71.8 Å². The maximum absolute atomic E-state index is 8.33. The summed E-state index contributed by atoms with van der Waals surface area (Å²) >= 11 is 0. The van der Waals surface area contributed by atoms with E-state index >= 15 is 0 Å². The van der Waals surface area contributed by atoms with Crippen LogP contribution in [0.25, 0.3) is 0 Å². The molecule has 0 saturated carbocycles. The summed E-state index contributed by atoms with van der Waals surface area (Å²) < 4.78 is 2.21. The Kier molecular flexibility index (Phi) is 13.4. The second-order valence-electron chi connectivity index (χ2n) is 8.67. The van der Waals surface area contributed by atoms with Crippen molar-refractivity contribution in [2.75, 3.05) is 54.4 Å². The fraction of sp³-hybridized carbons (Fsp3) is 0.480. The highest BCUT2D eigenvalue weighted by atomic mass is 16.6. The van der Waals surface area contributed by atoms with Crippen LogP contribution in [-0.2, 0) is 12.8 Å². The lowest BCUT2D eigenvalue weighted by Crippen LogP contribution is -2.40. The topological polar surface area (TPSA) is 63.2 Å². The van der Waals surface area contributed by atoms with Gasteiger partial charge in [-0.1, -0.05) is 60.7 Å². The van der Waals surface area contributed by atoms with Crippen LogP contribution in [0.3, 0.4) is 0 Å². The van der Waals surface area contributed by atoms with Gasteiger partial charge in [0.2, 0.25) is 0 Å². The molecule has 0 amide bonds. The van der Waals surface area contributed by atoms with Crippen LogP contribution in [0.4, 0.5) is 4.79 Å².